The molecule has 104 valence electrons. The fourth-order valence-electron chi connectivity index (χ4n) is 2.35. The molecule has 1 aliphatic rings. The lowest BCUT2D eigenvalue weighted by molar-refractivity contribution is 0.0943. The molecule has 2 rings (SSSR count). The summed E-state index contributed by atoms with van der Waals surface area (Å²) in [5, 5.41) is 2.88. The van der Waals surface area contributed by atoms with E-state index in [9.17, 15) is 4.79 Å². The zero-order valence-electron chi connectivity index (χ0n) is 11.9. The lowest BCUT2D eigenvalue weighted by atomic mass is 10.2. The number of hydrogen-bond donors (Lipinski definition) is 1. The van der Waals surface area contributed by atoms with Gasteiger partial charge in [0.1, 0.15) is 5.82 Å². The lowest BCUT2D eigenvalue weighted by Crippen LogP contribution is -2.30. The maximum atomic E-state index is 11.8. The number of carbonyl (C=O) groups is 1. The lowest BCUT2D eigenvalue weighted by Gasteiger charge is -2.21. The number of nitrogens with zero attached hydrogens (tertiary/aromatic N) is 2. The smallest absolute Gasteiger partial charge is 0.253 e. The fourth-order valence-corrected chi connectivity index (χ4v) is 2.35. The Morgan fingerprint density at radius 3 is 2.42 bits per heavy atom. The van der Waals surface area contributed by atoms with Crippen LogP contribution >= 0.6 is 0 Å². The van der Waals surface area contributed by atoms with Crippen molar-refractivity contribution in [1.82, 2.24) is 10.3 Å². The summed E-state index contributed by atoms with van der Waals surface area (Å²) in [6.07, 6.45) is 6.77. The molecule has 0 bridgehead atoms. The van der Waals surface area contributed by atoms with Crippen LogP contribution in [0.1, 0.15) is 49.9 Å². The summed E-state index contributed by atoms with van der Waals surface area (Å²) >= 11 is 0. The second-order valence-corrected chi connectivity index (χ2v) is 5.43. The Labute approximate surface area is 115 Å². The Hall–Kier alpha value is -1.58. The maximum absolute atomic E-state index is 11.8. The van der Waals surface area contributed by atoms with Crippen molar-refractivity contribution in [3.63, 3.8) is 0 Å². The molecule has 0 spiro atoms. The molecule has 0 aromatic carbocycles. The van der Waals surface area contributed by atoms with Gasteiger partial charge < -0.3 is 10.2 Å². The molecule has 4 heteroatoms. The number of nitrogens with one attached hydrogen (secondary N) is 1. The zero-order chi connectivity index (χ0) is 13.7. The number of hydrogen-bond acceptors (Lipinski definition) is 3. The Kier molecular flexibility index (Phi) is 4.77. The van der Waals surface area contributed by atoms with E-state index in [1.54, 1.807) is 6.20 Å². The summed E-state index contributed by atoms with van der Waals surface area (Å²) in [4.78, 5) is 18.6. The van der Waals surface area contributed by atoms with E-state index >= 15 is 0 Å². The van der Waals surface area contributed by atoms with E-state index in [1.807, 2.05) is 26.0 Å². The first-order chi connectivity index (χ1) is 9.16. The van der Waals surface area contributed by atoms with E-state index in [4.69, 9.17) is 0 Å². The average Bonchev–Trinajstić information content (AvgIpc) is 2.67. The van der Waals surface area contributed by atoms with Gasteiger partial charge in [0.15, 0.2) is 0 Å². The van der Waals surface area contributed by atoms with E-state index in [2.05, 4.69) is 15.2 Å². The van der Waals surface area contributed by atoms with Gasteiger partial charge >= 0.3 is 0 Å². The third kappa shape index (κ3) is 3.94. The van der Waals surface area contributed by atoms with Crippen LogP contribution in [-0.2, 0) is 0 Å². The molecule has 1 amide bonds. The summed E-state index contributed by atoms with van der Waals surface area (Å²) in [7, 11) is 0. The monoisotopic (exact) mass is 261 g/mol. The highest BCUT2D eigenvalue weighted by Crippen LogP contribution is 2.17. The van der Waals surface area contributed by atoms with Gasteiger partial charge in [-0.25, -0.2) is 4.98 Å². The standard InChI is InChI=1S/C15H23N3O/c1-12(2)17-15(19)13-7-8-14(16-11-13)18-9-5-3-4-6-10-18/h7-8,11-12H,3-6,9-10H2,1-2H3,(H,17,19). The van der Waals surface area contributed by atoms with Gasteiger partial charge in [0.25, 0.3) is 5.91 Å². The van der Waals surface area contributed by atoms with Crippen LogP contribution in [-0.4, -0.2) is 30.0 Å². The highest BCUT2D eigenvalue weighted by molar-refractivity contribution is 5.94. The van der Waals surface area contributed by atoms with Crippen LogP contribution in [0, 0.1) is 0 Å². The zero-order valence-corrected chi connectivity index (χ0v) is 11.9. The van der Waals surface area contributed by atoms with E-state index in [-0.39, 0.29) is 11.9 Å². The first-order valence-electron chi connectivity index (χ1n) is 7.18. The Morgan fingerprint density at radius 1 is 1.21 bits per heavy atom. The minimum atomic E-state index is -0.0510. The number of pyridine rings is 1. The van der Waals surface area contributed by atoms with Gasteiger partial charge in [-0.05, 0) is 38.8 Å². The van der Waals surface area contributed by atoms with Crippen molar-refractivity contribution >= 4 is 11.7 Å². The molecule has 1 N–H and O–H groups in total. The van der Waals surface area contributed by atoms with Gasteiger partial charge in [-0.2, -0.15) is 0 Å². The third-order valence-corrected chi connectivity index (χ3v) is 3.36. The molecule has 1 fully saturated rings. The van der Waals surface area contributed by atoms with Crippen molar-refractivity contribution in [2.45, 2.75) is 45.6 Å². The molecule has 1 saturated heterocycles. The minimum Gasteiger partial charge on any atom is -0.357 e. The molecular formula is C15H23N3O. The van der Waals surface area contributed by atoms with Crippen LogP contribution in [0.5, 0.6) is 0 Å². The summed E-state index contributed by atoms with van der Waals surface area (Å²) in [5.74, 6) is 0.938. The minimum absolute atomic E-state index is 0.0510. The predicted octanol–water partition coefficient (Wildman–Crippen LogP) is 2.60. The molecule has 2 heterocycles. The van der Waals surface area contributed by atoms with E-state index < -0.39 is 0 Å². The molecule has 1 aliphatic heterocycles. The predicted molar refractivity (Wildman–Crippen MR) is 77.5 cm³/mol. The van der Waals surface area contributed by atoms with Gasteiger partial charge in [0.2, 0.25) is 0 Å². The molecule has 19 heavy (non-hydrogen) atoms. The summed E-state index contributed by atoms with van der Waals surface area (Å²) < 4.78 is 0. The molecule has 1 aromatic heterocycles. The third-order valence-electron chi connectivity index (χ3n) is 3.36. The van der Waals surface area contributed by atoms with Crippen molar-refractivity contribution in [1.29, 1.82) is 0 Å². The van der Waals surface area contributed by atoms with Gasteiger partial charge in [-0.3, -0.25) is 4.79 Å². The topological polar surface area (TPSA) is 45.2 Å². The van der Waals surface area contributed by atoms with E-state index in [0.29, 0.717) is 5.56 Å². The SMILES string of the molecule is CC(C)NC(=O)c1ccc(N2CCCCCC2)nc1. The number of aromatic nitrogens is 1. The van der Waals surface area contributed by atoms with Gasteiger partial charge in [-0.1, -0.05) is 12.8 Å². The molecule has 0 radical (unpaired) electrons. The molecule has 0 saturated carbocycles. The second kappa shape index (κ2) is 6.55. The fraction of sp³-hybridized carbons (Fsp3) is 0.600. The summed E-state index contributed by atoms with van der Waals surface area (Å²) in [5.41, 5.74) is 0.632. The number of rotatable bonds is 3. The van der Waals surface area contributed by atoms with E-state index in [0.717, 1.165) is 18.9 Å². The summed E-state index contributed by atoms with van der Waals surface area (Å²) in [6, 6.07) is 3.98. The van der Waals surface area contributed by atoms with Crippen LogP contribution in [0.2, 0.25) is 0 Å². The summed E-state index contributed by atoms with van der Waals surface area (Å²) in [6.45, 7) is 6.06. The normalized spacial score (nSPS) is 16.3. The number of anilines is 1. The Balaban J connectivity index is 2.02. The van der Waals surface area contributed by atoms with Crippen molar-refractivity contribution in [2.24, 2.45) is 0 Å². The molecule has 0 unspecified atom stereocenters. The van der Waals surface area contributed by atoms with Gasteiger partial charge in [0, 0.05) is 25.3 Å². The Bertz CT molecular complexity index is 406. The number of amides is 1. The van der Waals surface area contributed by atoms with Crippen molar-refractivity contribution < 1.29 is 4.79 Å². The van der Waals surface area contributed by atoms with Crippen LogP contribution in [0.15, 0.2) is 18.3 Å². The highest BCUT2D eigenvalue weighted by Gasteiger charge is 2.12. The molecular weight excluding hydrogens is 238 g/mol. The molecule has 0 atom stereocenters. The molecule has 1 aromatic rings. The second-order valence-electron chi connectivity index (χ2n) is 5.43. The van der Waals surface area contributed by atoms with Crippen molar-refractivity contribution in [2.75, 3.05) is 18.0 Å². The van der Waals surface area contributed by atoms with Crippen LogP contribution in [0.25, 0.3) is 0 Å². The van der Waals surface area contributed by atoms with Gasteiger partial charge in [0.05, 0.1) is 5.56 Å². The van der Waals surface area contributed by atoms with Crippen LogP contribution in [0.3, 0.4) is 0 Å². The van der Waals surface area contributed by atoms with Crippen LogP contribution in [0.4, 0.5) is 5.82 Å². The van der Waals surface area contributed by atoms with Crippen molar-refractivity contribution in [3.05, 3.63) is 23.9 Å². The first-order valence-corrected chi connectivity index (χ1v) is 7.18. The van der Waals surface area contributed by atoms with E-state index in [1.165, 1.54) is 25.7 Å². The number of carbonyl (C=O) groups excluding carboxylic acids is 1. The Morgan fingerprint density at radius 2 is 1.89 bits per heavy atom. The molecule has 0 aliphatic carbocycles. The largest absolute Gasteiger partial charge is 0.357 e. The highest BCUT2D eigenvalue weighted by atomic mass is 16.1. The van der Waals surface area contributed by atoms with Crippen molar-refractivity contribution in [3.8, 4) is 0 Å². The van der Waals surface area contributed by atoms with Gasteiger partial charge in [-0.15, -0.1) is 0 Å². The maximum Gasteiger partial charge on any atom is 0.253 e. The quantitative estimate of drug-likeness (QED) is 0.909. The van der Waals surface area contributed by atoms with Crippen LogP contribution < -0.4 is 10.2 Å². The average molecular weight is 261 g/mol. The first kappa shape index (κ1) is 13.8. The molecule has 4 nitrogen and oxygen atoms in total.